The Morgan fingerprint density at radius 1 is 1.25 bits per heavy atom. The van der Waals surface area contributed by atoms with Crippen LogP contribution in [-0.4, -0.2) is 0 Å². The molecule has 29 valence electrons. The molecule has 0 aliphatic carbocycles. The molecule has 4 heteroatoms. The van der Waals surface area contributed by atoms with E-state index in [2.05, 4.69) is 15.4 Å². The molecule has 0 aromatic carbocycles. The average Bonchev–Trinajstić information content (AvgIpc) is 1.00. The van der Waals surface area contributed by atoms with Crippen molar-refractivity contribution in [2.75, 3.05) is 0 Å². The normalized spacial score (nSPS) is 1.50. The summed E-state index contributed by atoms with van der Waals surface area (Å²) in [4.78, 5) is 0. The Morgan fingerprint density at radius 3 is 1.25 bits per heavy atom. The molecule has 4 heavy (non-hydrogen) atoms. The first-order valence-corrected chi connectivity index (χ1v) is 0.532. The van der Waals surface area contributed by atoms with Gasteiger partial charge in [-0.3, -0.25) is 0 Å². The van der Waals surface area contributed by atoms with Gasteiger partial charge in [0.1, 0.15) is 0 Å². The van der Waals surface area contributed by atoms with Crippen LogP contribution < -0.4 is 0 Å². The van der Waals surface area contributed by atoms with E-state index in [-0.39, 0.29) is 70.9 Å². The van der Waals surface area contributed by atoms with Gasteiger partial charge in [0.2, 0.25) is 0 Å². The van der Waals surface area contributed by atoms with E-state index in [4.69, 9.17) is 3.90 Å². The molecule has 0 heterocycles. The Morgan fingerprint density at radius 2 is 1.25 bits per heavy atom. The standard InChI is InChI=1S/Dy.Ni.O.Y. The summed E-state index contributed by atoms with van der Waals surface area (Å²) in [5.74, 6) is 0. The van der Waals surface area contributed by atoms with Gasteiger partial charge in [-0.1, -0.05) is 0 Å². The van der Waals surface area contributed by atoms with E-state index in [1.54, 1.807) is 0 Å². The summed E-state index contributed by atoms with van der Waals surface area (Å²) >= 11 is 2.62. The van der Waals surface area contributed by atoms with E-state index in [0.29, 0.717) is 0 Å². The molecule has 0 bridgehead atoms. The molecule has 0 rings (SSSR count). The zero-order valence-corrected chi connectivity index (χ0v) is 7.47. The van der Waals surface area contributed by atoms with Gasteiger partial charge < -0.3 is 0 Å². The number of hydrogen-bond acceptors (Lipinski definition) is 1. The molecule has 0 fully saturated rings. The smallest absolute Gasteiger partial charge is 0 e. The molecule has 0 saturated carbocycles. The molecule has 0 spiro atoms. The van der Waals surface area contributed by atoms with E-state index in [0.717, 1.165) is 0 Å². The average molecular weight is 326 g/mol. The van der Waals surface area contributed by atoms with Crippen molar-refractivity contribution in [3.63, 3.8) is 0 Å². The second kappa shape index (κ2) is 17.3. The van der Waals surface area contributed by atoms with Crippen molar-refractivity contribution in [1.29, 1.82) is 0 Å². The largest absolute Gasteiger partial charge is 0 e. The van der Waals surface area contributed by atoms with Crippen molar-refractivity contribution in [2.45, 2.75) is 0 Å². The molecule has 0 saturated heterocycles. The summed E-state index contributed by atoms with van der Waals surface area (Å²) in [5, 5.41) is 0. The number of hydrogen-bond donors (Lipinski definition) is 0. The molecule has 1 nitrogen and oxygen atoms in total. The van der Waals surface area contributed by atoms with Gasteiger partial charge in [-0.15, -0.1) is 0 Å². The van der Waals surface area contributed by atoms with E-state index in [9.17, 15) is 0 Å². The van der Waals surface area contributed by atoms with Gasteiger partial charge in [0.05, 0.1) is 0 Å². The van der Waals surface area contributed by atoms with E-state index < -0.39 is 0 Å². The van der Waals surface area contributed by atoms with Crippen LogP contribution in [0.15, 0.2) is 0 Å². The molecule has 0 aliphatic heterocycles. The first-order valence-electron chi connectivity index (χ1n) is 0.129. The SMILES string of the molecule is [Dy].[O]=[Ni].[Y]. The van der Waals surface area contributed by atoms with E-state index in [1.165, 1.54) is 0 Å². The minimum absolute atomic E-state index is 0. The van der Waals surface area contributed by atoms with Gasteiger partial charge in [0, 0.05) is 70.9 Å². The van der Waals surface area contributed by atoms with Crippen LogP contribution >= 0.6 is 0 Å². The monoisotopic (exact) mass is 327 g/mol. The Kier molecular flexibility index (Phi) is 69.0. The third-order valence-electron chi connectivity index (χ3n) is 0. The molecule has 0 amide bonds. The maximum absolute atomic E-state index is 7.88. The van der Waals surface area contributed by atoms with Crippen LogP contribution in [0.25, 0.3) is 0 Å². The van der Waals surface area contributed by atoms with Gasteiger partial charge in [-0.2, -0.15) is 0 Å². The molecule has 1 radical (unpaired) electrons. The predicted octanol–water partition coefficient (Wildman–Crippen LogP) is -0.124. The van der Waals surface area contributed by atoms with Crippen LogP contribution in [0.4, 0.5) is 0 Å². The summed E-state index contributed by atoms with van der Waals surface area (Å²) in [7, 11) is 0. The van der Waals surface area contributed by atoms with Crippen LogP contribution in [0, 0.1) is 38.2 Å². The van der Waals surface area contributed by atoms with Crippen molar-refractivity contribution in [2.24, 2.45) is 0 Å². The minimum Gasteiger partial charge on any atom is 0 e. The summed E-state index contributed by atoms with van der Waals surface area (Å²) < 4.78 is 7.88. The summed E-state index contributed by atoms with van der Waals surface area (Å²) in [6.07, 6.45) is 0. The topological polar surface area (TPSA) is 17.1 Å². The van der Waals surface area contributed by atoms with Crippen LogP contribution in [0.1, 0.15) is 0 Å². The summed E-state index contributed by atoms with van der Waals surface area (Å²) in [5.41, 5.74) is 0. The third kappa shape index (κ3) is 8.82. The molecule has 0 unspecified atom stereocenters. The third-order valence-corrected chi connectivity index (χ3v) is 0. The van der Waals surface area contributed by atoms with Gasteiger partial charge in [0.25, 0.3) is 0 Å². The van der Waals surface area contributed by atoms with Crippen LogP contribution in [-0.2, 0) is 52.0 Å². The molecular formula is DyNiOY. The van der Waals surface area contributed by atoms with Gasteiger partial charge in [-0.05, 0) is 0 Å². The van der Waals surface area contributed by atoms with Crippen molar-refractivity contribution in [1.82, 2.24) is 0 Å². The maximum atomic E-state index is 7.88. The van der Waals surface area contributed by atoms with E-state index >= 15 is 0 Å². The van der Waals surface area contributed by atoms with Crippen LogP contribution in [0.2, 0.25) is 0 Å². The predicted molar refractivity (Wildman–Crippen MR) is 0.686 cm³/mol. The molecule has 0 N–H and O–H groups in total. The first kappa shape index (κ1) is 15.9. The second-order valence-electron chi connectivity index (χ2n) is 0. The molecule has 0 atom stereocenters. The Balaban J connectivity index is -0.00000000500. The van der Waals surface area contributed by atoms with Crippen molar-refractivity contribution < 1.29 is 90.2 Å². The number of rotatable bonds is 0. The zero-order chi connectivity index (χ0) is 2.00. The Hall–Kier alpha value is 2.67. The quantitative estimate of drug-likeness (QED) is 0.567. The minimum atomic E-state index is 0. The molecule has 0 aromatic rings. The van der Waals surface area contributed by atoms with Crippen molar-refractivity contribution in [3.8, 4) is 0 Å². The first-order chi connectivity index (χ1) is 1.00. The van der Waals surface area contributed by atoms with Crippen molar-refractivity contribution in [3.05, 3.63) is 0 Å². The Bertz CT molecular complexity index is 8.00. The molecule has 0 aromatic heterocycles. The van der Waals surface area contributed by atoms with Crippen LogP contribution in [0.5, 0.6) is 0 Å². The van der Waals surface area contributed by atoms with Crippen LogP contribution in [0.3, 0.4) is 0 Å². The molecule has 0 aliphatic rings. The Labute approximate surface area is 88.1 Å². The summed E-state index contributed by atoms with van der Waals surface area (Å²) in [6, 6.07) is 0. The fraction of sp³-hybridized carbons (Fsp3) is 0. The van der Waals surface area contributed by atoms with E-state index in [1.807, 2.05) is 0 Å². The van der Waals surface area contributed by atoms with Crippen molar-refractivity contribution >= 4 is 0 Å². The van der Waals surface area contributed by atoms with Gasteiger partial charge in [-0.25, -0.2) is 0 Å². The fourth-order valence-corrected chi connectivity index (χ4v) is 0. The second-order valence-corrected chi connectivity index (χ2v) is 0. The fourth-order valence-electron chi connectivity index (χ4n) is 0. The van der Waals surface area contributed by atoms with Gasteiger partial charge >= 0.3 is 19.3 Å². The maximum Gasteiger partial charge on any atom is 0 e. The molecular weight excluding hydrogens is 326 g/mol. The van der Waals surface area contributed by atoms with Gasteiger partial charge in [0.15, 0.2) is 0 Å². The summed E-state index contributed by atoms with van der Waals surface area (Å²) in [6.45, 7) is 0. The zero-order valence-electron chi connectivity index (χ0n) is 1.62.